The molecule has 0 bridgehead atoms. The molecule has 0 fully saturated rings. The molecule has 112 valence electrons. The number of hydrogen-bond acceptors (Lipinski definition) is 2. The summed E-state index contributed by atoms with van der Waals surface area (Å²) in [6, 6.07) is 17.1. The Morgan fingerprint density at radius 3 is 2.33 bits per heavy atom. The Morgan fingerprint density at radius 1 is 1.05 bits per heavy atom. The summed E-state index contributed by atoms with van der Waals surface area (Å²) in [5.41, 5.74) is 2.58. The van der Waals surface area contributed by atoms with Crippen molar-refractivity contribution in [3.05, 3.63) is 65.7 Å². The van der Waals surface area contributed by atoms with Gasteiger partial charge in [-0.25, -0.2) is 8.42 Å². The number of nitrogens with one attached hydrogen (secondary N) is 1. The van der Waals surface area contributed by atoms with Gasteiger partial charge in [0.15, 0.2) is 0 Å². The van der Waals surface area contributed by atoms with Gasteiger partial charge in [-0.05, 0) is 23.1 Å². The molecule has 2 rings (SSSR count). The first-order valence-electron chi connectivity index (χ1n) is 6.71. The van der Waals surface area contributed by atoms with Crippen molar-refractivity contribution in [3.63, 3.8) is 0 Å². The van der Waals surface area contributed by atoms with Crippen LogP contribution in [0.25, 0.3) is 0 Å². The Hall–Kier alpha value is -1.33. The number of anilines is 1. The molecule has 5 heteroatoms. The minimum atomic E-state index is -3.39. The van der Waals surface area contributed by atoms with Crippen LogP contribution in [0.15, 0.2) is 54.6 Å². The van der Waals surface area contributed by atoms with Crippen molar-refractivity contribution in [2.24, 2.45) is 0 Å². The largest absolute Gasteiger partial charge is 0.283 e. The zero-order chi connectivity index (χ0) is 15.3. The second-order valence-corrected chi connectivity index (χ2v) is 7.31. The summed E-state index contributed by atoms with van der Waals surface area (Å²) in [4.78, 5) is 0. The molecule has 0 aromatic heterocycles. The smallest absolute Gasteiger partial charge is 0.233 e. The van der Waals surface area contributed by atoms with Gasteiger partial charge in [0.1, 0.15) is 0 Å². The fourth-order valence-electron chi connectivity index (χ4n) is 2.15. The van der Waals surface area contributed by atoms with Crippen LogP contribution in [0, 0.1) is 0 Å². The zero-order valence-electron chi connectivity index (χ0n) is 11.8. The average Bonchev–Trinajstić information content (AvgIpc) is 2.47. The Bertz CT molecular complexity index is 686. The van der Waals surface area contributed by atoms with E-state index in [-0.39, 0.29) is 11.7 Å². The molecular weight excluding hydrogens is 350 g/mol. The topological polar surface area (TPSA) is 46.2 Å². The summed E-state index contributed by atoms with van der Waals surface area (Å²) in [6.45, 7) is 1.92. The van der Waals surface area contributed by atoms with Crippen molar-refractivity contribution in [2.45, 2.75) is 18.2 Å². The molecule has 1 N–H and O–H groups in total. The molecule has 0 aliphatic rings. The van der Waals surface area contributed by atoms with Crippen molar-refractivity contribution >= 4 is 31.6 Å². The van der Waals surface area contributed by atoms with Gasteiger partial charge in [0, 0.05) is 5.33 Å². The van der Waals surface area contributed by atoms with Gasteiger partial charge in [0.2, 0.25) is 10.0 Å². The van der Waals surface area contributed by atoms with E-state index in [1.54, 1.807) is 6.07 Å². The Morgan fingerprint density at radius 2 is 1.67 bits per heavy atom. The first-order valence-corrected chi connectivity index (χ1v) is 9.48. The molecule has 0 amide bonds. The molecule has 0 aliphatic carbocycles. The van der Waals surface area contributed by atoms with Crippen molar-refractivity contribution in [3.8, 4) is 0 Å². The maximum absolute atomic E-state index is 12.3. The summed E-state index contributed by atoms with van der Waals surface area (Å²) in [6.07, 6.45) is 0. The highest BCUT2D eigenvalue weighted by Gasteiger charge is 2.18. The standard InChI is InChI=1S/C16H18BrNO2S/c1-13(14-7-3-2-4-8-14)12-21(19,20)18-16-10-6-5-9-15(16)11-17/h2-10,13,18H,11-12H2,1H3. The van der Waals surface area contributed by atoms with Gasteiger partial charge in [-0.1, -0.05) is 71.4 Å². The second-order valence-electron chi connectivity index (χ2n) is 4.99. The zero-order valence-corrected chi connectivity index (χ0v) is 14.2. The minimum absolute atomic E-state index is 0.0557. The van der Waals surface area contributed by atoms with Crippen LogP contribution in [-0.2, 0) is 15.4 Å². The van der Waals surface area contributed by atoms with Gasteiger partial charge < -0.3 is 0 Å². The highest BCUT2D eigenvalue weighted by atomic mass is 79.9. The lowest BCUT2D eigenvalue weighted by Crippen LogP contribution is -2.21. The van der Waals surface area contributed by atoms with Crippen LogP contribution in [0.2, 0.25) is 0 Å². The quantitative estimate of drug-likeness (QED) is 0.780. The molecule has 0 spiro atoms. The monoisotopic (exact) mass is 367 g/mol. The number of hydrogen-bond donors (Lipinski definition) is 1. The third-order valence-electron chi connectivity index (χ3n) is 3.26. The van der Waals surface area contributed by atoms with E-state index < -0.39 is 10.0 Å². The predicted octanol–water partition coefficient (Wildman–Crippen LogP) is 4.13. The summed E-state index contributed by atoms with van der Waals surface area (Å²) in [7, 11) is -3.39. The molecule has 2 aromatic rings. The van der Waals surface area contributed by atoms with E-state index in [1.165, 1.54) is 0 Å². The maximum atomic E-state index is 12.3. The van der Waals surface area contributed by atoms with Crippen LogP contribution in [0.5, 0.6) is 0 Å². The number of halogens is 1. The highest BCUT2D eigenvalue weighted by molar-refractivity contribution is 9.08. The van der Waals surface area contributed by atoms with E-state index in [9.17, 15) is 8.42 Å². The molecule has 0 radical (unpaired) electrons. The molecule has 2 aromatic carbocycles. The summed E-state index contributed by atoms with van der Waals surface area (Å²) >= 11 is 3.37. The molecule has 3 nitrogen and oxygen atoms in total. The van der Waals surface area contributed by atoms with Crippen molar-refractivity contribution < 1.29 is 8.42 Å². The lowest BCUT2D eigenvalue weighted by molar-refractivity contribution is 0.595. The number of sulfonamides is 1. The van der Waals surface area contributed by atoms with Crippen molar-refractivity contribution in [2.75, 3.05) is 10.5 Å². The third-order valence-corrected chi connectivity index (χ3v) is 5.34. The molecule has 0 heterocycles. The van der Waals surface area contributed by atoms with E-state index in [1.807, 2.05) is 55.5 Å². The van der Waals surface area contributed by atoms with E-state index in [2.05, 4.69) is 20.7 Å². The average molecular weight is 368 g/mol. The number of alkyl halides is 1. The van der Waals surface area contributed by atoms with Gasteiger partial charge in [0.05, 0.1) is 11.4 Å². The predicted molar refractivity (Wildman–Crippen MR) is 91.3 cm³/mol. The van der Waals surface area contributed by atoms with Gasteiger partial charge in [0.25, 0.3) is 0 Å². The van der Waals surface area contributed by atoms with Gasteiger partial charge in [-0.3, -0.25) is 4.72 Å². The van der Waals surface area contributed by atoms with Crippen molar-refractivity contribution in [1.29, 1.82) is 0 Å². The summed E-state index contributed by atoms with van der Waals surface area (Å²) in [5, 5.41) is 0.611. The normalized spacial score (nSPS) is 12.9. The van der Waals surface area contributed by atoms with E-state index >= 15 is 0 Å². The number of para-hydroxylation sites is 1. The lowest BCUT2D eigenvalue weighted by Gasteiger charge is -2.15. The number of benzene rings is 2. The molecule has 0 saturated carbocycles. The fourth-order valence-corrected chi connectivity index (χ4v) is 4.11. The van der Waals surface area contributed by atoms with Gasteiger partial charge in [-0.2, -0.15) is 0 Å². The minimum Gasteiger partial charge on any atom is -0.283 e. The maximum Gasteiger partial charge on any atom is 0.233 e. The molecule has 1 atom stereocenters. The summed E-state index contributed by atoms with van der Waals surface area (Å²) in [5.74, 6) is 0.00742. The van der Waals surface area contributed by atoms with Crippen LogP contribution in [-0.4, -0.2) is 14.2 Å². The van der Waals surface area contributed by atoms with Crippen molar-refractivity contribution in [1.82, 2.24) is 0 Å². The second kappa shape index (κ2) is 7.09. The lowest BCUT2D eigenvalue weighted by atomic mass is 10.0. The fraction of sp³-hybridized carbons (Fsp3) is 0.250. The number of rotatable bonds is 6. The van der Waals surface area contributed by atoms with E-state index in [4.69, 9.17) is 0 Å². The van der Waals surface area contributed by atoms with Gasteiger partial charge in [-0.15, -0.1) is 0 Å². The third kappa shape index (κ3) is 4.58. The summed E-state index contributed by atoms with van der Waals surface area (Å²) < 4.78 is 27.3. The van der Waals surface area contributed by atoms with E-state index in [0.717, 1.165) is 11.1 Å². The SMILES string of the molecule is CC(CS(=O)(=O)Nc1ccccc1CBr)c1ccccc1. The van der Waals surface area contributed by atoms with Crippen LogP contribution in [0.4, 0.5) is 5.69 Å². The van der Waals surface area contributed by atoms with Crippen LogP contribution in [0.3, 0.4) is 0 Å². The Kier molecular flexibility index (Phi) is 5.42. The van der Waals surface area contributed by atoms with Crippen LogP contribution < -0.4 is 4.72 Å². The molecule has 0 saturated heterocycles. The Balaban J connectivity index is 2.12. The Labute approximate surface area is 134 Å². The first-order chi connectivity index (χ1) is 10.0. The van der Waals surface area contributed by atoms with Crippen LogP contribution in [0.1, 0.15) is 24.0 Å². The molecule has 0 aliphatic heterocycles. The van der Waals surface area contributed by atoms with Crippen LogP contribution >= 0.6 is 15.9 Å². The first kappa shape index (κ1) is 16.0. The molecule has 1 unspecified atom stereocenters. The van der Waals surface area contributed by atoms with E-state index in [0.29, 0.717) is 11.0 Å². The highest BCUT2D eigenvalue weighted by Crippen LogP contribution is 2.22. The molecular formula is C16H18BrNO2S. The molecule has 21 heavy (non-hydrogen) atoms. The van der Waals surface area contributed by atoms with Gasteiger partial charge >= 0.3 is 0 Å².